The molecule has 0 aliphatic carbocycles. The number of ether oxygens (including phenoxy) is 2. The predicted octanol–water partition coefficient (Wildman–Crippen LogP) is 2.43. The molecule has 2 rings (SSSR count). The highest BCUT2D eigenvalue weighted by Crippen LogP contribution is 2.37. The van der Waals surface area contributed by atoms with E-state index in [1.165, 1.54) is 0 Å². The Hall–Kier alpha value is -1.71. The molecule has 1 aliphatic heterocycles. The molecule has 0 aromatic heterocycles. The second kappa shape index (κ2) is 5.08. The van der Waals surface area contributed by atoms with E-state index >= 15 is 0 Å². The Morgan fingerprint density at radius 1 is 1.59 bits per heavy atom. The summed E-state index contributed by atoms with van der Waals surface area (Å²) in [6.45, 7) is 0.635. The predicted molar refractivity (Wildman–Crippen MR) is 62.7 cm³/mol. The van der Waals surface area contributed by atoms with E-state index in [9.17, 15) is 4.79 Å². The Balaban J connectivity index is 2.31. The van der Waals surface area contributed by atoms with Gasteiger partial charge in [0.25, 0.3) is 0 Å². The van der Waals surface area contributed by atoms with Crippen LogP contribution in [-0.4, -0.2) is 24.8 Å². The molecule has 1 aromatic rings. The lowest BCUT2D eigenvalue weighted by Crippen LogP contribution is -2.05. The zero-order chi connectivity index (χ0) is 12.3. The number of benzene rings is 1. The number of hydrogen-bond donors (Lipinski definition) is 1. The summed E-state index contributed by atoms with van der Waals surface area (Å²) in [7, 11) is 1.60. The average molecular weight is 236 g/mol. The summed E-state index contributed by atoms with van der Waals surface area (Å²) in [5.74, 6) is 0.766. The van der Waals surface area contributed by atoms with Crippen molar-refractivity contribution in [1.29, 1.82) is 0 Å². The summed E-state index contributed by atoms with van der Waals surface area (Å²) in [6, 6.07) is 5.59. The third kappa shape index (κ3) is 2.70. The van der Waals surface area contributed by atoms with Gasteiger partial charge in [0.15, 0.2) is 0 Å². The molecule has 17 heavy (non-hydrogen) atoms. The lowest BCUT2D eigenvalue weighted by Gasteiger charge is -2.15. The van der Waals surface area contributed by atoms with Crippen molar-refractivity contribution in [3.8, 4) is 11.5 Å². The third-order valence-electron chi connectivity index (χ3n) is 3.04. The van der Waals surface area contributed by atoms with E-state index in [1.54, 1.807) is 7.11 Å². The fourth-order valence-electron chi connectivity index (χ4n) is 2.19. The standard InChI is InChI=1S/C13H16O4/c1-16-10-4-5-11-9(7-13(14)15)3-2-6-17-12(11)8-10/h4-5,8-9H,2-3,6-7H2,1H3,(H,14,15). The van der Waals surface area contributed by atoms with E-state index in [0.717, 1.165) is 29.9 Å². The monoisotopic (exact) mass is 236 g/mol. The van der Waals surface area contributed by atoms with E-state index in [1.807, 2.05) is 18.2 Å². The summed E-state index contributed by atoms with van der Waals surface area (Å²) >= 11 is 0. The second-order valence-corrected chi connectivity index (χ2v) is 4.19. The Kier molecular flexibility index (Phi) is 3.52. The van der Waals surface area contributed by atoms with Crippen LogP contribution in [-0.2, 0) is 4.79 Å². The van der Waals surface area contributed by atoms with Crippen molar-refractivity contribution in [2.24, 2.45) is 0 Å². The van der Waals surface area contributed by atoms with E-state index < -0.39 is 5.97 Å². The minimum Gasteiger partial charge on any atom is -0.497 e. The largest absolute Gasteiger partial charge is 0.497 e. The van der Waals surface area contributed by atoms with Crippen molar-refractivity contribution in [2.75, 3.05) is 13.7 Å². The molecular weight excluding hydrogens is 220 g/mol. The molecular formula is C13H16O4. The van der Waals surface area contributed by atoms with Gasteiger partial charge in [-0.05, 0) is 30.4 Å². The minimum atomic E-state index is -0.765. The summed E-state index contributed by atoms with van der Waals surface area (Å²) in [5.41, 5.74) is 0.978. The fourth-order valence-corrected chi connectivity index (χ4v) is 2.19. The maximum atomic E-state index is 10.8. The number of fused-ring (bicyclic) bond motifs is 1. The topological polar surface area (TPSA) is 55.8 Å². The first-order valence-electron chi connectivity index (χ1n) is 5.73. The molecule has 0 bridgehead atoms. The third-order valence-corrected chi connectivity index (χ3v) is 3.04. The summed E-state index contributed by atoms with van der Waals surface area (Å²) < 4.78 is 10.8. The number of aliphatic carboxylic acids is 1. The van der Waals surface area contributed by atoms with Gasteiger partial charge in [-0.1, -0.05) is 6.07 Å². The smallest absolute Gasteiger partial charge is 0.303 e. The van der Waals surface area contributed by atoms with Crippen molar-refractivity contribution in [2.45, 2.75) is 25.2 Å². The van der Waals surface area contributed by atoms with Gasteiger partial charge in [-0.2, -0.15) is 0 Å². The molecule has 0 radical (unpaired) electrons. The maximum Gasteiger partial charge on any atom is 0.303 e. The number of hydrogen-bond acceptors (Lipinski definition) is 3. The molecule has 4 nitrogen and oxygen atoms in total. The van der Waals surface area contributed by atoms with Gasteiger partial charge in [0.2, 0.25) is 0 Å². The molecule has 1 aromatic carbocycles. The number of carboxylic acid groups (broad SMARTS) is 1. The molecule has 92 valence electrons. The Morgan fingerprint density at radius 2 is 2.41 bits per heavy atom. The fraction of sp³-hybridized carbons (Fsp3) is 0.462. The van der Waals surface area contributed by atoms with Crippen LogP contribution in [0.5, 0.6) is 11.5 Å². The van der Waals surface area contributed by atoms with Crippen LogP contribution >= 0.6 is 0 Å². The first-order chi connectivity index (χ1) is 8.20. The van der Waals surface area contributed by atoms with Crippen LogP contribution < -0.4 is 9.47 Å². The molecule has 1 heterocycles. The van der Waals surface area contributed by atoms with E-state index in [-0.39, 0.29) is 12.3 Å². The van der Waals surface area contributed by atoms with Gasteiger partial charge in [-0.25, -0.2) is 0 Å². The highest BCUT2D eigenvalue weighted by atomic mass is 16.5. The Labute approximate surface area is 100 Å². The van der Waals surface area contributed by atoms with Crippen LogP contribution in [0.4, 0.5) is 0 Å². The maximum absolute atomic E-state index is 10.8. The van der Waals surface area contributed by atoms with E-state index in [2.05, 4.69) is 0 Å². The molecule has 1 aliphatic rings. The van der Waals surface area contributed by atoms with Gasteiger partial charge >= 0.3 is 5.97 Å². The van der Waals surface area contributed by atoms with Crippen molar-refractivity contribution >= 4 is 5.97 Å². The quantitative estimate of drug-likeness (QED) is 0.875. The zero-order valence-corrected chi connectivity index (χ0v) is 9.81. The minimum absolute atomic E-state index is 0.0379. The van der Waals surface area contributed by atoms with E-state index in [0.29, 0.717) is 6.61 Å². The molecule has 1 N–H and O–H groups in total. The summed E-state index contributed by atoms with van der Waals surface area (Å²) in [4.78, 5) is 10.8. The van der Waals surface area contributed by atoms with Gasteiger partial charge in [-0.15, -0.1) is 0 Å². The van der Waals surface area contributed by atoms with Crippen LogP contribution in [0.1, 0.15) is 30.7 Å². The van der Waals surface area contributed by atoms with Crippen LogP contribution in [0.25, 0.3) is 0 Å². The Bertz CT molecular complexity index is 414. The second-order valence-electron chi connectivity index (χ2n) is 4.19. The molecule has 0 saturated heterocycles. The lowest BCUT2D eigenvalue weighted by atomic mass is 9.91. The molecule has 0 saturated carbocycles. The average Bonchev–Trinajstić information content (AvgIpc) is 2.50. The van der Waals surface area contributed by atoms with Crippen molar-refractivity contribution in [3.63, 3.8) is 0 Å². The number of methoxy groups -OCH3 is 1. The number of carbonyl (C=O) groups is 1. The van der Waals surface area contributed by atoms with Crippen molar-refractivity contribution in [3.05, 3.63) is 23.8 Å². The zero-order valence-electron chi connectivity index (χ0n) is 9.81. The van der Waals surface area contributed by atoms with Crippen molar-refractivity contribution < 1.29 is 19.4 Å². The Morgan fingerprint density at radius 3 is 3.12 bits per heavy atom. The van der Waals surface area contributed by atoms with Crippen LogP contribution in [0, 0.1) is 0 Å². The van der Waals surface area contributed by atoms with Gasteiger partial charge in [-0.3, -0.25) is 4.79 Å². The molecule has 4 heteroatoms. The highest BCUT2D eigenvalue weighted by Gasteiger charge is 2.22. The van der Waals surface area contributed by atoms with Crippen LogP contribution in [0.3, 0.4) is 0 Å². The van der Waals surface area contributed by atoms with Crippen LogP contribution in [0.2, 0.25) is 0 Å². The van der Waals surface area contributed by atoms with Gasteiger partial charge in [0.1, 0.15) is 11.5 Å². The molecule has 1 unspecified atom stereocenters. The normalized spacial score (nSPS) is 18.8. The molecule has 0 amide bonds. The first-order valence-corrected chi connectivity index (χ1v) is 5.73. The lowest BCUT2D eigenvalue weighted by molar-refractivity contribution is -0.137. The summed E-state index contributed by atoms with van der Waals surface area (Å²) in [6.07, 6.45) is 1.89. The molecule has 1 atom stereocenters. The van der Waals surface area contributed by atoms with Crippen LogP contribution in [0.15, 0.2) is 18.2 Å². The van der Waals surface area contributed by atoms with Gasteiger partial charge < -0.3 is 14.6 Å². The number of rotatable bonds is 3. The molecule has 0 spiro atoms. The van der Waals surface area contributed by atoms with E-state index in [4.69, 9.17) is 14.6 Å². The highest BCUT2D eigenvalue weighted by molar-refractivity contribution is 5.68. The number of carboxylic acids is 1. The van der Waals surface area contributed by atoms with Gasteiger partial charge in [0, 0.05) is 6.07 Å². The first kappa shape index (κ1) is 11.8. The molecule has 0 fully saturated rings. The van der Waals surface area contributed by atoms with Gasteiger partial charge in [0.05, 0.1) is 20.1 Å². The SMILES string of the molecule is COc1ccc2c(c1)OCCCC2CC(=O)O. The van der Waals surface area contributed by atoms with Crippen molar-refractivity contribution in [1.82, 2.24) is 0 Å². The summed E-state index contributed by atoms with van der Waals surface area (Å²) in [5, 5.41) is 8.92.